The number of hydrogen-bond donors (Lipinski definition) is 0. The SMILES string of the molecule is COCCOCC1OCC(C)(C)O1. The van der Waals surface area contributed by atoms with Gasteiger partial charge in [-0.2, -0.15) is 0 Å². The molecule has 0 aromatic carbocycles. The van der Waals surface area contributed by atoms with Crippen molar-refractivity contribution in [1.82, 2.24) is 0 Å². The van der Waals surface area contributed by atoms with Crippen molar-refractivity contribution in [2.45, 2.75) is 25.7 Å². The van der Waals surface area contributed by atoms with E-state index in [0.717, 1.165) is 0 Å². The number of ether oxygens (including phenoxy) is 4. The fraction of sp³-hybridized carbons (Fsp3) is 1.00. The molecule has 1 aliphatic rings. The zero-order valence-electron chi connectivity index (χ0n) is 8.54. The van der Waals surface area contributed by atoms with Crippen molar-refractivity contribution in [1.29, 1.82) is 0 Å². The highest BCUT2D eigenvalue weighted by molar-refractivity contribution is 4.73. The molecule has 1 saturated heterocycles. The third-order valence-corrected chi connectivity index (χ3v) is 1.75. The highest BCUT2D eigenvalue weighted by Gasteiger charge is 2.32. The van der Waals surface area contributed by atoms with Crippen LogP contribution in [0, 0.1) is 0 Å². The van der Waals surface area contributed by atoms with E-state index >= 15 is 0 Å². The van der Waals surface area contributed by atoms with Crippen LogP contribution >= 0.6 is 0 Å². The van der Waals surface area contributed by atoms with Gasteiger partial charge in [-0.3, -0.25) is 0 Å². The van der Waals surface area contributed by atoms with Gasteiger partial charge in [0.05, 0.1) is 32.0 Å². The van der Waals surface area contributed by atoms with Crippen molar-refractivity contribution < 1.29 is 18.9 Å². The van der Waals surface area contributed by atoms with Crippen LogP contribution < -0.4 is 0 Å². The molecular weight excluding hydrogens is 172 g/mol. The Balaban J connectivity index is 2.04. The summed E-state index contributed by atoms with van der Waals surface area (Å²) in [7, 11) is 1.65. The summed E-state index contributed by atoms with van der Waals surface area (Å²) in [6, 6.07) is 0. The lowest BCUT2D eigenvalue weighted by atomic mass is 10.2. The van der Waals surface area contributed by atoms with Crippen LogP contribution in [0.3, 0.4) is 0 Å². The summed E-state index contributed by atoms with van der Waals surface area (Å²) in [5.41, 5.74) is -0.171. The van der Waals surface area contributed by atoms with Crippen molar-refractivity contribution in [2.75, 3.05) is 33.5 Å². The minimum absolute atomic E-state index is 0.171. The lowest BCUT2D eigenvalue weighted by molar-refractivity contribution is -0.122. The minimum Gasteiger partial charge on any atom is -0.382 e. The van der Waals surface area contributed by atoms with Crippen molar-refractivity contribution in [3.8, 4) is 0 Å². The van der Waals surface area contributed by atoms with Crippen LogP contribution in [0.1, 0.15) is 13.8 Å². The van der Waals surface area contributed by atoms with Gasteiger partial charge in [0, 0.05) is 7.11 Å². The summed E-state index contributed by atoms with van der Waals surface area (Å²) < 4.78 is 21.0. The Labute approximate surface area is 79.1 Å². The van der Waals surface area contributed by atoms with Gasteiger partial charge in [-0.25, -0.2) is 0 Å². The van der Waals surface area contributed by atoms with Crippen LogP contribution in [0.5, 0.6) is 0 Å². The van der Waals surface area contributed by atoms with Crippen molar-refractivity contribution >= 4 is 0 Å². The maximum absolute atomic E-state index is 5.54. The van der Waals surface area contributed by atoms with Crippen molar-refractivity contribution in [3.05, 3.63) is 0 Å². The zero-order chi connectivity index (χ0) is 9.73. The second kappa shape index (κ2) is 4.91. The molecule has 4 heteroatoms. The fourth-order valence-electron chi connectivity index (χ4n) is 1.12. The van der Waals surface area contributed by atoms with Gasteiger partial charge in [0.15, 0.2) is 6.29 Å². The molecule has 4 nitrogen and oxygen atoms in total. The predicted molar refractivity (Wildman–Crippen MR) is 47.6 cm³/mol. The summed E-state index contributed by atoms with van der Waals surface area (Å²) >= 11 is 0. The molecule has 1 atom stereocenters. The minimum atomic E-state index is -0.216. The first-order valence-electron chi connectivity index (χ1n) is 4.50. The number of hydrogen-bond acceptors (Lipinski definition) is 4. The van der Waals surface area contributed by atoms with Crippen LogP contribution in [-0.4, -0.2) is 45.4 Å². The molecule has 0 amide bonds. The molecule has 1 rings (SSSR count). The van der Waals surface area contributed by atoms with Gasteiger partial charge in [-0.05, 0) is 13.8 Å². The quantitative estimate of drug-likeness (QED) is 0.601. The molecular formula is C9H18O4. The maximum Gasteiger partial charge on any atom is 0.181 e. The van der Waals surface area contributed by atoms with Gasteiger partial charge in [-0.15, -0.1) is 0 Å². The van der Waals surface area contributed by atoms with Crippen LogP contribution in [0.25, 0.3) is 0 Å². The topological polar surface area (TPSA) is 36.9 Å². The first-order chi connectivity index (χ1) is 6.14. The predicted octanol–water partition coefficient (Wildman–Crippen LogP) is 0.801. The van der Waals surface area contributed by atoms with E-state index < -0.39 is 0 Å². The maximum atomic E-state index is 5.54. The Morgan fingerprint density at radius 2 is 2.15 bits per heavy atom. The van der Waals surface area contributed by atoms with Crippen molar-refractivity contribution in [2.24, 2.45) is 0 Å². The first-order valence-corrected chi connectivity index (χ1v) is 4.50. The lowest BCUT2D eigenvalue weighted by Gasteiger charge is -2.15. The summed E-state index contributed by atoms with van der Waals surface area (Å²) in [4.78, 5) is 0. The van der Waals surface area contributed by atoms with Gasteiger partial charge in [0.25, 0.3) is 0 Å². The molecule has 13 heavy (non-hydrogen) atoms. The molecule has 0 radical (unpaired) electrons. The second-order valence-electron chi connectivity index (χ2n) is 3.69. The van der Waals surface area contributed by atoms with Crippen LogP contribution in [-0.2, 0) is 18.9 Å². The largest absolute Gasteiger partial charge is 0.382 e. The third kappa shape index (κ3) is 4.04. The van der Waals surface area contributed by atoms with E-state index in [4.69, 9.17) is 18.9 Å². The average molecular weight is 190 g/mol. The highest BCUT2D eigenvalue weighted by atomic mass is 16.7. The molecule has 0 aromatic heterocycles. The summed E-state index contributed by atoms with van der Waals surface area (Å²) in [5.74, 6) is 0. The van der Waals surface area contributed by atoms with Gasteiger partial charge < -0.3 is 18.9 Å². The molecule has 1 unspecified atom stereocenters. The summed E-state index contributed by atoms with van der Waals surface area (Å²) in [5, 5.41) is 0. The second-order valence-corrected chi connectivity index (χ2v) is 3.69. The normalized spacial score (nSPS) is 26.5. The van der Waals surface area contributed by atoms with E-state index in [1.54, 1.807) is 7.11 Å². The Morgan fingerprint density at radius 3 is 2.69 bits per heavy atom. The molecule has 0 saturated carbocycles. The van der Waals surface area contributed by atoms with E-state index in [9.17, 15) is 0 Å². The van der Waals surface area contributed by atoms with Crippen LogP contribution in [0.2, 0.25) is 0 Å². The fourth-order valence-corrected chi connectivity index (χ4v) is 1.12. The molecule has 0 aromatic rings. The lowest BCUT2D eigenvalue weighted by Crippen LogP contribution is -2.25. The van der Waals surface area contributed by atoms with E-state index in [2.05, 4.69) is 0 Å². The number of methoxy groups -OCH3 is 1. The molecule has 1 heterocycles. The Kier molecular flexibility index (Phi) is 4.12. The first kappa shape index (κ1) is 10.9. The molecule has 78 valence electrons. The van der Waals surface area contributed by atoms with Crippen LogP contribution in [0.15, 0.2) is 0 Å². The number of rotatable bonds is 5. The molecule has 0 spiro atoms. The van der Waals surface area contributed by atoms with Gasteiger partial charge >= 0.3 is 0 Å². The molecule has 0 aliphatic carbocycles. The van der Waals surface area contributed by atoms with Crippen molar-refractivity contribution in [3.63, 3.8) is 0 Å². The average Bonchev–Trinajstić information content (AvgIpc) is 2.40. The highest BCUT2D eigenvalue weighted by Crippen LogP contribution is 2.21. The van der Waals surface area contributed by atoms with Gasteiger partial charge in [-0.1, -0.05) is 0 Å². The van der Waals surface area contributed by atoms with E-state index in [0.29, 0.717) is 26.4 Å². The molecule has 0 bridgehead atoms. The molecule has 0 N–H and O–H groups in total. The Bertz CT molecular complexity index is 147. The summed E-state index contributed by atoms with van der Waals surface area (Å²) in [6.45, 7) is 6.30. The smallest absolute Gasteiger partial charge is 0.181 e. The van der Waals surface area contributed by atoms with E-state index in [1.807, 2.05) is 13.8 Å². The van der Waals surface area contributed by atoms with Gasteiger partial charge in [0.2, 0.25) is 0 Å². The standard InChI is InChI=1S/C9H18O4/c1-9(2)7-12-8(13-9)6-11-5-4-10-3/h8H,4-7H2,1-3H3. The molecule has 1 aliphatic heterocycles. The monoisotopic (exact) mass is 190 g/mol. The third-order valence-electron chi connectivity index (χ3n) is 1.75. The Morgan fingerprint density at radius 1 is 1.38 bits per heavy atom. The van der Waals surface area contributed by atoms with Crippen LogP contribution in [0.4, 0.5) is 0 Å². The molecule has 1 fully saturated rings. The zero-order valence-corrected chi connectivity index (χ0v) is 8.54. The van der Waals surface area contributed by atoms with E-state index in [-0.39, 0.29) is 11.9 Å². The van der Waals surface area contributed by atoms with E-state index in [1.165, 1.54) is 0 Å². The Hall–Kier alpha value is -0.160. The van der Waals surface area contributed by atoms with Gasteiger partial charge in [0.1, 0.15) is 0 Å². The summed E-state index contributed by atoms with van der Waals surface area (Å²) in [6.07, 6.45) is -0.216.